The monoisotopic (exact) mass is 380 g/mol. The molecule has 0 radical (unpaired) electrons. The Morgan fingerprint density at radius 3 is 2.43 bits per heavy atom. The molecule has 0 atom stereocenters. The molecule has 0 bridgehead atoms. The molecule has 28 heavy (non-hydrogen) atoms. The Bertz CT molecular complexity index is 836. The summed E-state index contributed by atoms with van der Waals surface area (Å²) < 4.78 is 6.14. The molecule has 0 saturated carbocycles. The van der Waals surface area contributed by atoms with Crippen LogP contribution < -0.4 is 10.1 Å². The number of nitrogens with zero attached hydrogens (tertiary/aromatic N) is 1. The molecule has 1 amide bonds. The van der Waals surface area contributed by atoms with Crippen molar-refractivity contribution < 1.29 is 9.53 Å². The summed E-state index contributed by atoms with van der Waals surface area (Å²) in [5, 5.41) is 3.20. The van der Waals surface area contributed by atoms with Crippen LogP contribution in [-0.4, -0.2) is 17.5 Å². The maximum atomic E-state index is 13.4. The van der Waals surface area contributed by atoms with Gasteiger partial charge in [-0.25, -0.2) is 0 Å². The Morgan fingerprint density at radius 2 is 1.79 bits per heavy atom. The summed E-state index contributed by atoms with van der Waals surface area (Å²) >= 11 is 0. The molecule has 0 aliphatic heterocycles. The number of hydrogen-bond donors (Lipinski definition) is 1. The molecule has 4 heteroatoms. The molecule has 0 saturated heterocycles. The molecule has 1 aliphatic rings. The standard InChI is InChI=1S/C24H32N2O2/c1-5-15-28-23-19-13-8-9-14-20(19)25-16(4)21(23)24(27)26-22-17(6-2)11-10-12-18(22)7-3/h10-12H,5-9,13-15H2,1-4H3,(H,26,27). The van der Waals surface area contributed by atoms with E-state index in [1.807, 2.05) is 6.92 Å². The molecule has 1 aliphatic carbocycles. The summed E-state index contributed by atoms with van der Waals surface area (Å²) in [4.78, 5) is 18.2. The molecule has 0 unspecified atom stereocenters. The van der Waals surface area contributed by atoms with E-state index in [4.69, 9.17) is 9.72 Å². The smallest absolute Gasteiger partial charge is 0.261 e. The molecule has 2 aromatic rings. The first kappa shape index (κ1) is 20.4. The molecule has 1 aromatic heterocycles. The van der Waals surface area contributed by atoms with Crippen LogP contribution in [0.1, 0.15) is 78.5 Å². The number of para-hydroxylation sites is 1. The number of ether oxygens (including phenoxy) is 1. The van der Waals surface area contributed by atoms with Gasteiger partial charge in [-0.2, -0.15) is 0 Å². The fourth-order valence-corrected chi connectivity index (χ4v) is 4.04. The predicted octanol–water partition coefficient (Wildman–Crippen LogP) is 5.43. The quantitative estimate of drug-likeness (QED) is 0.696. The fourth-order valence-electron chi connectivity index (χ4n) is 4.04. The highest BCUT2D eigenvalue weighted by Crippen LogP contribution is 2.35. The van der Waals surface area contributed by atoms with Crippen molar-refractivity contribution in [2.24, 2.45) is 0 Å². The number of pyridine rings is 1. The van der Waals surface area contributed by atoms with Crippen LogP contribution >= 0.6 is 0 Å². The number of anilines is 1. The van der Waals surface area contributed by atoms with Gasteiger partial charge in [0.25, 0.3) is 5.91 Å². The molecule has 1 N–H and O–H groups in total. The number of fused-ring (bicyclic) bond motifs is 1. The van der Waals surface area contributed by atoms with Gasteiger partial charge in [0.15, 0.2) is 0 Å². The van der Waals surface area contributed by atoms with Crippen LogP contribution in [0.15, 0.2) is 18.2 Å². The van der Waals surface area contributed by atoms with Gasteiger partial charge in [-0.3, -0.25) is 9.78 Å². The molecule has 150 valence electrons. The molecular weight excluding hydrogens is 348 g/mol. The van der Waals surface area contributed by atoms with Crippen LogP contribution in [0.4, 0.5) is 5.69 Å². The lowest BCUT2D eigenvalue weighted by molar-refractivity contribution is 0.102. The van der Waals surface area contributed by atoms with Crippen molar-refractivity contribution in [1.82, 2.24) is 4.98 Å². The molecule has 3 rings (SSSR count). The number of rotatable bonds is 7. The topological polar surface area (TPSA) is 51.2 Å². The highest BCUT2D eigenvalue weighted by Gasteiger charge is 2.26. The van der Waals surface area contributed by atoms with Gasteiger partial charge in [0.05, 0.1) is 12.3 Å². The van der Waals surface area contributed by atoms with Crippen molar-refractivity contribution in [3.05, 3.63) is 51.8 Å². The van der Waals surface area contributed by atoms with Crippen LogP contribution in [-0.2, 0) is 25.7 Å². The van der Waals surface area contributed by atoms with E-state index in [0.29, 0.717) is 12.2 Å². The van der Waals surface area contributed by atoms with Crippen molar-refractivity contribution in [3.63, 3.8) is 0 Å². The van der Waals surface area contributed by atoms with Gasteiger partial charge in [0, 0.05) is 16.9 Å². The van der Waals surface area contributed by atoms with E-state index < -0.39 is 0 Å². The van der Waals surface area contributed by atoms with Gasteiger partial charge < -0.3 is 10.1 Å². The number of hydrogen-bond acceptors (Lipinski definition) is 3. The second-order valence-corrected chi connectivity index (χ2v) is 7.49. The third kappa shape index (κ3) is 4.06. The Morgan fingerprint density at radius 1 is 1.11 bits per heavy atom. The molecular formula is C24H32N2O2. The zero-order chi connectivity index (χ0) is 20.1. The van der Waals surface area contributed by atoms with Crippen LogP contribution in [0.2, 0.25) is 0 Å². The van der Waals surface area contributed by atoms with E-state index in [0.717, 1.165) is 84.5 Å². The van der Waals surface area contributed by atoms with Crippen molar-refractivity contribution >= 4 is 11.6 Å². The number of aryl methyl sites for hydroxylation is 4. The molecule has 1 heterocycles. The second-order valence-electron chi connectivity index (χ2n) is 7.49. The molecule has 0 spiro atoms. The number of nitrogens with one attached hydrogen (secondary N) is 1. The first-order valence-electron chi connectivity index (χ1n) is 10.7. The van der Waals surface area contributed by atoms with Crippen molar-refractivity contribution in [2.75, 3.05) is 11.9 Å². The minimum atomic E-state index is -0.111. The number of carbonyl (C=O) groups is 1. The van der Waals surface area contributed by atoms with E-state index in [9.17, 15) is 4.79 Å². The van der Waals surface area contributed by atoms with Gasteiger partial charge in [-0.15, -0.1) is 0 Å². The molecule has 0 fully saturated rings. The van der Waals surface area contributed by atoms with Gasteiger partial charge in [0.1, 0.15) is 11.3 Å². The van der Waals surface area contributed by atoms with Crippen molar-refractivity contribution in [3.8, 4) is 5.75 Å². The van der Waals surface area contributed by atoms with E-state index in [1.165, 1.54) is 0 Å². The predicted molar refractivity (Wildman–Crippen MR) is 115 cm³/mol. The van der Waals surface area contributed by atoms with E-state index in [-0.39, 0.29) is 5.91 Å². The van der Waals surface area contributed by atoms with Gasteiger partial charge >= 0.3 is 0 Å². The summed E-state index contributed by atoms with van der Waals surface area (Å²) in [5.41, 5.74) is 6.86. The average molecular weight is 381 g/mol. The zero-order valence-electron chi connectivity index (χ0n) is 17.7. The third-order valence-electron chi connectivity index (χ3n) is 5.52. The maximum Gasteiger partial charge on any atom is 0.261 e. The summed E-state index contributed by atoms with van der Waals surface area (Å²) in [6.07, 6.45) is 6.86. The fraction of sp³-hybridized carbons (Fsp3) is 0.500. The van der Waals surface area contributed by atoms with Crippen LogP contribution in [0.3, 0.4) is 0 Å². The highest BCUT2D eigenvalue weighted by molar-refractivity contribution is 6.08. The summed E-state index contributed by atoms with van der Waals surface area (Å²) in [6.45, 7) is 8.86. The maximum absolute atomic E-state index is 13.4. The van der Waals surface area contributed by atoms with Crippen LogP contribution in [0.5, 0.6) is 5.75 Å². The number of aromatic nitrogens is 1. The lowest BCUT2D eigenvalue weighted by atomic mass is 9.92. The third-order valence-corrected chi connectivity index (χ3v) is 5.52. The number of benzene rings is 1. The van der Waals surface area contributed by atoms with Gasteiger partial charge in [-0.05, 0) is 63.0 Å². The normalized spacial score (nSPS) is 13.1. The summed E-state index contributed by atoms with van der Waals surface area (Å²) in [5.74, 6) is 0.647. The average Bonchev–Trinajstić information content (AvgIpc) is 2.71. The first-order valence-corrected chi connectivity index (χ1v) is 10.7. The van der Waals surface area contributed by atoms with Gasteiger partial charge in [0.2, 0.25) is 0 Å². The van der Waals surface area contributed by atoms with E-state index >= 15 is 0 Å². The SMILES string of the molecule is CCCOc1c2c(nc(C)c1C(=O)Nc1c(CC)cccc1CC)CCCC2. The van der Waals surface area contributed by atoms with Crippen LogP contribution in [0.25, 0.3) is 0 Å². The van der Waals surface area contributed by atoms with Gasteiger partial charge in [-0.1, -0.05) is 39.0 Å². The van der Waals surface area contributed by atoms with Crippen LogP contribution in [0, 0.1) is 6.92 Å². The lowest BCUT2D eigenvalue weighted by Crippen LogP contribution is -2.21. The minimum absolute atomic E-state index is 0.111. The second kappa shape index (κ2) is 9.22. The summed E-state index contributed by atoms with van der Waals surface area (Å²) in [6, 6.07) is 6.23. The Kier molecular flexibility index (Phi) is 6.71. The van der Waals surface area contributed by atoms with E-state index in [1.54, 1.807) is 0 Å². The Hall–Kier alpha value is -2.36. The number of amides is 1. The summed E-state index contributed by atoms with van der Waals surface area (Å²) in [7, 11) is 0. The minimum Gasteiger partial charge on any atom is -0.492 e. The van der Waals surface area contributed by atoms with E-state index in [2.05, 4.69) is 44.3 Å². The lowest BCUT2D eigenvalue weighted by Gasteiger charge is -2.23. The Balaban J connectivity index is 2.04. The Labute approximate surface area is 168 Å². The van der Waals surface area contributed by atoms with Crippen molar-refractivity contribution in [1.29, 1.82) is 0 Å². The highest BCUT2D eigenvalue weighted by atomic mass is 16.5. The first-order chi connectivity index (χ1) is 13.6. The molecule has 4 nitrogen and oxygen atoms in total. The zero-order valence-corrected chi connectivity index (χ0v) is 17.7. The molecule has 1 aromatic carbocycles. The largest absolute Gasteiger partial charge is 0.492 e. The number of carbonyl (C=O) groups excluding carboxylic acids is 1. The van der Waals surface area contributed by atoms with Crippen molar-refractivity contribution in [2.45, 2.75) is 72.6 Å².